The van der Waals surface area contributed by atoms with Crippen molar-refractivity contribution < 1.29 is 14.2 Å². The van der Waals surface area contributed by atoms with Gasteiger partial charge >= 0.3 is 0 Å². The SMILES string of the molecule is CCNC(=NCCCOCC1CCCO1)NCCCOC1CCCC1. The van der Waals surface area contributed by atoms with Gasteiger partial charge < -0.3 is 24.8 Å². The summed E-state index contributed by atoms with van der Waals surface area (Å²) in [6.07, 6.45) is 10.2. The monoisotopic (exact) mass is 355 g/mol. The van der Waals surface area contributed by atoms with Crippen molar-refractivity contribution in [3.8, 4) is 0 Å². The van der Waals surface area contributed by atoms with Gasteiger partial charge in [0.1, 0.15) is 0 Å². The minimum Gasteiger partial charge on any atom is -0.379 e. The second-order valence-electron chi connectivity index (χ2n) is 6.88. The molecule has 1 heterocycles. The molecular formula is C19H37N3O3. The molecule has 1 aliphatic heterocycles. The molecule has 0 aromatic carbocycles. The van der Waals surface area contributed by atoms with Crippen LogP contribution in [0, 0.1) is 0 Å². The second kappa shape index (κ2) is 13.4. The molecular weight excluding hydrogens is 318 g/mol. The van der Waals surface area contributed by atoms with Gasteiger partial charge in [0.05, 0.1) is 18.8 Å². The van der Waals surface area contributed by atoms with Gasteiger partial charge in [-0.1, -0.05) is 12.8 Å². The van der Waals surface area contributed by atoms with Gasteiger partial charge in [-0.05, 0) is 45.4 Å². The molecule has 146 valence electrons. The highest BCUT2D eigenvalue weighted by molar-refractivity contribution is 5.79. The molecule has 6 nitrogen and oxygen atoms in total. The van der Waals surface area contributed by atoms with E-state index < -0.39 is 0 Å². The third-order valence-corrected chi connectivity index (χ3v) is 4.66. The second-order valence-corrected chi connectivity index (χ2v) is 6.88. The summed E-state index contributed by atoms with van der Waals surface area (Å²) in [6, 6.07) is 0. The van der Waals surface area contributed by atoms with Crippen LogP contribution >= 0.6 is 0 Å². The highest BCUT2D eigenvalue weighted by Gasteiger charge is 2.15. The zero-order chi connectivity index (χ0) is 17.6. The maximum atomic E-state index is 5.89. The van der Waals surface area contributed by atoms with Crippen LogP contribution in [0.1, 0.15) is 58.3 Å². The number of hydrogen-bond donors (Lipinski definition) is 2. The van der Waals surface area contributed by atoms with Crippen LogP contribution in [0.3, 0.4) is 0 Å². The fourth-order valence-corrected chi connectivity index (χ4v) is 3.27. The third kappa shape index (κ3) is 9.42. The molecule has 1 saturated heterocycles. The Kier molecular flexibility index (Phi) is 10.9. The van der Waals surface area contributed by atoms with Crippen molar-refractivity contribution in [1.82, 2.24) is 10.6 Å². The van der Waals surface area contributed by atoms with Gasteiger partial charge in [-0.2, -0.15) is 0 Å². The van der Waals surface area contributed by atoms with E-state index in [-0.39, 0.29) is 0 Å². The number of ether oxygens (including phenoxy) is 3. The van der Waals surface area contributed by atoms with Gasteiger partial charge in [-0.3, -0.25) is 4.99 Å². The molecule has 0 aromatic heterocycles. The fraction of sp³-hybridized carbons (Fsp3) is 0.947. The topological polar surface area (TPSA) is 64.1 Å². The Morgan fingerprint density at radius 2 is 1.96 bits per heavy atom. The van der Waals surface area contributed by atoms with Gasteiger partial charge in [0.15, 0.2) is 5.96 Å². The number of hydrogen-bond acceptors (Lipinski definition) is 4. The van der Waals surface area contributed by atoms with Crippen molar-refractivity contribution >= 4 is 5.96 Å². The van der Waals surface area contributed by atoms with Gasteiger partial charge in [0.25, 0.3) is 0 Å². The van der Waals surface area contributed by atoms with E-state index in [0.29, 0.717) is 12.2 Å². The van der Waals surface area contributed by atoms with Crippen LogP contribution in [-0.2, 0) is 14.2 Å². The molecule has 0 spiro atoms. The lowest BCUT2D eigenvalue weighted by Gasteiger charge is -2.13. The molecule has 0 bridgehead atoms. The normalized spacial score (nSPS) is 21.8. The van der Waals surface area contributed by atoms with Crippen LogP contribution in [0.25, 0.3) is 0 Å². The van der Waals surface area contributed by atoms with E-state index in [1.54, 1.807) is 0 Å². The van der Waals surface area contributed by atoms with Crippen molar-refractivity contribution in [3.05, 3.63) is 0 Å². The Morgan fingerprint density at radius 3 is 2.72 bits per heavy atom. The Bertz CT molecular complexity index is 354. The van der Waals surface area contributed by atoms with E-state index in [4.69, 9.17) is 14.2 Å². The van der Waals surface area contributed by atoms with Gasteiger partial charge in [0, 0.05) is 39.5 Å². The zero-order valence-corrected chi connectivity index (χ0v) is 15.9. The standard InChI is InChI=1S/C19H37N3O3/c1-2-20-19(22-12-7-15-24-17-8-3-4-9-17)21-11-6-13-23-16-18-10-5-14-25-18/h17-18H,2-16H2,1H3,(H2,20,21,22). The van der Waals surface area contributed by atoms with E-state index >= 15 is 0 Å². The Morgan fingerprint density at radius 1 is 1.08 bits per heavy atom. The molecule has 0 radical (unpaired) electrons. The Hall–Kier alpha value is -0.850. The third-order valence-electron chi connectivity index (χ3n) is 4.66. The van der Waals surface area contributed by atoms with Crippen molar-refractivity contribution in [3.63, 3.8) is 0 Å². The summed E-state index contributed by atoms with van der Waals surface area (Å²) >= 11 is 0. The fourth-order valence-electron chi connectivity index (χ4n) is 3.27. The quantitative estimate of drug-likeness (QED) is 0.320. The van der Waals surface area contributed by atoms with Crippen molar-refractivity contribution in [2.45, 2.75) is 70.5 Å². The van der Waals surface area contributed by atoms with E-state index in [1.165, 1.54) is 32.1 Å². The van der Waals surface area contributed by atoms with Crippen molar-refractivity contribution in [2.24, 2.45) is 4.99 Å². The summed E-state index contributed by atoms with van der Waals surface area (Å²) in [6.45, 7) is 7.84. The van der Waals surface area contributed by atoms with Crippen LogP contribution in [0.15, 0.2) is 4.99 Å². The summed E-state index contributed by atoms with van der Waals surface area (Å²) in [4.78, 5) is 4.60. The van der Waals surface area contributed by atoms with E-state index in [2.05, 4.69) is 22.5 Å². The first-order valence-electron chi connectivity index (χ1n) is 10.2. The summed E-state index contributed by atoms with van der Waals surface area (Å²) in [5, 5.41) is 6.67. The summed E-state index contributed by atoms with van der Waals surface area (Å²) in [7, 11) is 0. The lowest BCUT2D eigenvalue weighted by Crippen LogP contribution is -2.38. The summed E-state index contributed by atoms with van der Waals surface area (Å²) < 4.78 is 17.1. The summed E-state index contributed by atoms with van der Waals surface area (Å²) in [5.74, 6) is 0.891. The molecule has 1 atom stereocenters. The van der Waals surface area contributed by atoms with E-state index in [0.717, 1.165) is 71.3 Å². The number of rotatable bonds is 12. The molecule has 2 N–H and O–H groups in total. The van der Waals surface area contributed by atoms with Crippen LogP contribution < -0.4 is 10.6 Å². The number of guanidine groups is 1. The van der Waals surface area contributed by atoms with E-state index in [1.807, 2.05) is 0 Å². The van der Waals surface area contributed by atoms with Crippen molar-refractivity contribution in [2.75, 3.05) is 46.1 Å². The number of aliphatic imine (C=N–C) groups is 1. The first-order valence-corrected chi connectivity index (χ1v) is 10.2. The van der Waals surface area contributed by atoms with Crippen LogP contribution in [-0.4, -0.2) is 64.2 Å². The highest BCUT2D eigenvalue weighted by Crippen LogP contribution is 2.20. The average Bonchev–Trinajstić information content (AvgIpc) is 3.31. The molecule has 2 aliphatic rings. The van der Waals surface area contributed by atoms with Crippen molar-refractivity contribution in [1.29, 1.82) is 0 Å². The molecule has 1 unspecified atom stereocenters. The minimum atomic E-state index is 0.314. The lowest BCUT2D eigenvalue weighted by atomic mass is 10.2. The predicted molar refractivity (Wildman–Crippen MR) is 101 cm³/mol. The first kappa shape index (κ1) is 20.5. The van der Waals surface area contributed by atoms with Crippen LogP contribution in [0.5, 0.6) is 0 Å². The maximum absolute atomic E-state index is 5.89. The molecule has 2 fully saturated rings. The highest BCUT2D eigenvalue weighted by atomic mass is 16.5. The summed E-state index contributed by atoms with van der Waals surface area (Å²) in [5.41, 5.74) is 0. The maximum Gasteiger partial charge on any atom is 0.191 e. The molecule has 25 heavy (non-hydrogen) atoms. The molecule has 1 aliphatic carbocycles. The Labute approximate surface area is 153 Å². The molecule has 1 saturated carbocycles. The first-order chi connectivity index (χ1) is 12.4. The van der Waals surface area contributed by atoms with Gasteiger partial charge in [-0.15, -0.1) is 0 Å². The van der Waals surface area contributed by atoms with Crippen LogP contribution in [0.2, 0.25) is 0 Å². The average molecular weight is 356 g/mol. The van der Waals surface area contributed by atoms with Crippen LogP contribution in [0.4, 0.5) is 0 Å². The van der Waals surface area contributed by atoms with Gasteiger partial charge in [0.2, 0.25) is 0 Å². The van der Waals surface area contributed by atoms with E-state index in [9.17, 15) is 0 Å². The largest absolute Gasteiger partial charge is 0.379 e. The molecule has 0 amide bonds. The molecule has 2 rings (SSSR count). The lowest BCUT2D eigenvalue weighted by molar-refractivity contribution is 0.0171. The minimum absolute atomic E-state index is 0.314. The molecule has 0 aromatic rings. The number of nitrogens with zero attached hydrogens (tertiary/aromatic N) is 1. The number of nitrogens with one attached hydrogen (secondary N) is 2. The zero-order valence-electron chi connectivity index (χ0n) is 15.9. The Balaban J connectivity index is 1.46. The predicted octanol–water partition coefficient (Wildman–Crippen LogP) is 2.48. The smallest absolute Gasteiger partial charge is 0.191 e. The van der Waals surface area contributed by atoms with Gasteiger partial charge in [-0.25, -0.2) is 0 Å². The molecule has 6 heteroatoms.